The fourth-order valence-electron chi connectivity index (χ4n) is 3.25. The topological polar surface area (TPSA) is 67.8 Å². The van der Waals surface area contributed by atoms with Crippen molar-refractivity contribution in [2.75, 3.05) is 33.9 Å². The Morgan fingerprint density at radius 2 is 1.96 bits per heavy atom. The van der Waals surface area contributed by atoms with E-state index >= 15 is 0 Å². The van der Waals surface area contributed by atoms with Crippen molar-refractivity contribution in [2.24, 2.45) is 0 Å². The van der Waals surface area contributed by atoms with E-state index in [4.69, 9.17) is 9.47 Å². The summed E-state index contributed by atoms with van der Waals surface area (Å²) in [5.74, 6) is 0.949. The Hall–Kier alpha value is -1.79. The first kappa shape index (κ1) is 18.5. The molecule has 1 heterocycles. The Morgan fingerprint density at radius 3 is 2.54 bits per heavy atom. The van der Waals surface area contributed by atoms with Crippen molar-refractivity contribution in [3.63, 3.8) is 0 Å². The molecule has 1 atom stereocenters. The predicted molar refractivity (Wildman–Crippen MR) is 92.0 cm³/mol. The summed E-state index contributed by atoms with van der Waals surface area (Å²) in [7, 11) is 3.12. The van der Waals surface area contributed by atoms with Crippen LogP contribution in [0.25, 0.3) is 0 Å². The van der Waals surface area contributed by atoms with E-state index in [1.165, 1.54) is 13.5 Å². The zero-order valence-electron chi connectivity index (χ0n) is 14.9. The van der Waals surface area contributed by atoms with Gasteiger partial charge in [-0.05, 0) is 37.8 Å². The lowest BCUT2D eigenvalue weighted by molar-refractivity contribution is -0.967. The van der Waals surface area contributed by atoms with Gasteiger partial charge in [0.15, 0.2) is 0 Å². The number of piperidine rings is 1. The van der Waals surface area contributed by atoms with Gasteiger partial charge in [-0.15, -0.1) is 0 Å². The summed E-state index contributed by atoms with van der Waals surface area (Å²) in [4.78, 5) is 12.8. The molecule has 0 bridgehead atoms. The number of ether oxygens (including phenoxy) is 2. The van der Waals surface area contributed by atoms with Crippen molar-refractivity contribution in [1.29, 1.82) is 0 Å². The van der Waals surface area contributed by atoms with E-state index in [2.05, 4.69) is 5.43 Å². The van der Waals surface area contributed by atoms with Crippen LogP contribution in [0.5, 0.6) is 11.5 Å². The minimum atomic E-state index is -0.416. The van der Waals surface area contributed by atoms with Gasteiger partial charge in [-0.2, -0.15) is 5.43 Å². The Balaban J connectivity index is 2.21. The lowest BCUT2D eigenvalue weighted by Gasteiger charge is -2.41. The van der Waals surface area contributed by atoms with Gasteiger partial charge in [0, 0.05) is 6.07 Å². The summed E-state index contributed by atoms with van der Waals surface area (Å²) in [5.41, 5.74) is 3.62. The third-order valence-electron chi connectivity index (χ3n) is 4.70. The molecule has 6 heteroatoms. The Labute approximate surface area is 143 Å². The second kappa shape index (κ2) is 8.35. The summed E-state index contributed by atoms with van der Waals surface area (Å²) in [6, 6.07) is 5.17. The number of hydrogen-bond donors (Lipinski definition) is 2. The second-order valence-electron chi connectivity index (χ2n) is 6.40. The average Bonchev–Trinajstić information content (AvgIpc) is 2.61. The van der Waals surface area contributed by atoms with Crippen LogP contribution in [0.1, 0.15) is 43.0 Å². The number of carbonyl (C=O) groups is 1. The van der Waals surface area contributed by atoms with E-state index in [0.717, 1.165) is 25.9 Å². The maximum Gasteiger partial charge on any atom is 0.299 e. The van der Waals surface area contributed by atoms with Gasteiger partial charge in [0.05, 0.1) is 19.8 Å². The Bertz CT molecular complexity index is 556. The average molecular weight is 337 g/mol. The first-order chi connectivity index (χ1) is 11.5. The molecular formula is C18H29N2O4+. The number of likely N-dealkylation sites (tertiary alicyclic amines) is 1. The largest absolute Gasteiger partial charge is 0.497 e. The second-order valence-corrected chi connectivity index (χ2v) is 6.40. The van der Waals surface area contributed by atoms with Crippen LogP contribution in [0, 0.1) is 0 Å². The molecule has 1 aromatic carbocycles. The quantitative estimate of drug-likeness (QED) is 0.748. The molecule has 0 aliphatic carbocycles. The first-order valence-electron chi connectivity index (χ1n) is 8.62. The Kier molecular flexibility index (Phi) is 6.45. The van der Waals surface area contributed by atoms with Gasteiger partial charge in [-0.3, -0.25) is 4.79 Å². The molecule has 0 spiro atoms. The van der Waals surface area contributed by atoms with Crippen LogP contribution in [0.2, 0.25) is 0 Å². The minimum absolute atomic E-state index is 0.181. The van der Waals surface area contributed by atoms with Gasteiger partial charge in [0.1, 0.15) is 37.2 Å². The number of nitrogens with one attached hydrogen (secondary N) is 1. The van der Waals surface area contributed by atoms with Crippen LogP contribution in [0.4, 0.5) is 0 Å². The molecule has 2 rings (SSSR count). The van der Waals surface area contributed by atoms with E-state index in [0.29, 0.717) is 34.6 Å². The SMILES string of the molecule is CCC(O)C[N+]1(NC(=O)c2ccc(OC)cc2OC)CCCCC1. The third-order valence-corrected chi connectivity index (χ3v) is 4.70. The minimum Gasteiger partial charge on any atom is -0.497 e. The van der Waals surface area contributed by atoms with Crippen LogP contribution >= 0.6 is 0 Å². The molecule has 1 aromatic rings. The highest BCUT2D eigenvalue weighted by molar-refractivity contribution is 5.96. The molecule has 24 heavy (non-hydrogen) atoms. The number of aliphatic hydroxyl groups is 1. The van der Waals surface area contributed by atoms with E-state index in [9.17, 15) is 9.90 Å². The number of benzene rings is 1. The zero-order valence-corrected chi connectivity index (χ0v) is 14.9. The van der Waals surface area contributed by atoms with Crippen LogP contribution in [-0.2, 0) is 0 Å². The van der Waals surface area contributed by atoms with E-state index < -0.39 is 6.10 Å². The van der Waals surface area contributed by atoms with Crippen molar-refractivity contribution >= 4 is 5.91 Å². The third kappa shape index (κ3) is 4.39. The fourth-order valence-corrected chi connectivity index (χ4v) is 3.25. The van der Waals surface area contributed by atoms with E-state index in [1.807, 2.05) is 6.92 Å². The van der Waals surface area contributed by atoms with Crippen molar-refractivity contribution in [2.45, 2.75) is 38.7 Å². The summed E-state index contributed by atoms with van der Waals surface area (Å²) in [6.07, 6.45) is 3.54. The molecule has 1 fully saturated rings. The molecule has 1 aliphatic heterocycles. The van der Waals surface area contributed by atoms with Crippen molar-refractivity contribution in [3.8, 4) is 11.5 Å². The highest BCUT2D eigenvalue weighted by atomic mass is 16.5. The first-order valence-corrected chi connectivity index (χ1v) is 8.62. The molecule has 2 N–H and O–H groups in total. The predicted octanol–water partition coefficient (Wildman–Crippen LogP) is 2.12. The number of quaternary nitrogens is 1. The standard InChI is InChI=1S/C18H28N2O4/c1-4-14(21)13-20(10-6-5-7-11-20)19-18(22)16-9-8-15(23-2)12-17(16)24-3/h8-9,12,14,21H,4-7,10-11,13H2,1-3H3/p+1. The maximum absolute atomic E-state index is 12.8. The van der Waals surface area contributed by atoms with Gasteiger partial charge >= 0.3 is 0 Å². The van der Waals surface area contributed by atoms with Crippen LogP contribution in [0.15, 0.2) is 18.2 Å². The lowest BCUT2D eigenvalue weighted by Crippen LogP contribution is -2.64. The molecule has 1 aliphatic rings. The van der Waals surface area contributed by atoms with Crippen LogP contribution < -0.4 is 14.9 Å². The molecule has 1 saturated heterocycles. The van der Waals surface area contributed by atoms with Crippen molar-refractivity contribution in [1.82, 2.24) is 5.43 Å². The Morgan fingerprint density at radius 1 is 1.25 bits per heavy atom. The summed E-state index contributed by atoms with van der Waals surface area (Å²) in [6.45, 7) is 4.20. The maximum atomic E-state index is 12.8. The van der Waals surface area contributed by atoms with Gasteiger partial charge in [0.25, 0.3) is 5.91 Å². The summed E-state index contributed by atoms with van der Waals surface area (Å²) < 4.78 is 10.9. The monoisotopic (exact) mass is 337 g/mol. The molecule has 134 valence electrons. The molecule has 0 aromatic heterocycles. The van der Waals surface area contributed by atoms with Crippen LogP contribution in [-0.4, -0.2) is 55.6 Å². The van der Waals surface area contributed by atoms with E-state index in [-0.39, 0.29) is 5.91 Å². The number of amides is 1. The van der Waals surface area contributed by atoms with Gasteiger partial charge < -0.3 is 14.6 Å². The normalized spacial score (nSPS) is 17.8. The number of rotatable bonds is 7. The number of aliphatic hydroxyl groups excluding tert-OH is 1. The fraction of sp³-hybridized carbons (Fsp3) is 0.611. The zero-order chi connectivity index (χ0) is 17.6. The van der Waals surface area contributed by atoms with Crippen molar-refractivity contribution < 1.29 is 24.0 Å². The highest BCUT2D eigenvalue weighted by Gasteiger charge is 2.35. The van der Waals surface area contributed by atoms with Crippen molar-refractivity contribution in [3.05, 3.63) is 23.8 Å². The summed E-state index contributed by atoms with van der Waals surface area (Å²) in [5, 5.41) is 10.1. The number of nitrogens with zero attached hydrogens (tertiary/aromatic N) is 1. The van der Waals surface area contributed by atoms with Gasteiger partial charge in [-0.25, -0.2) is 4.59 Å². The number of hydrogen-bond acceptors (Lipinski definition) is 4. The molecule has 1 amide bonds. The molecule has 0 radical (unpaired) electrons. The van der Waals surface area contributed by atoms with Crippen LogP contribution in [0.3, 0.4) is 0 Å². The summed E-state index contributed by atoms with van der Waals surface area (Å²) >= 11 is 0. The molecule has 6 nitrogen and oxygen atoms in total. The van der Waals surface area contributed by atoms with E-state index in [1.54, 1.807) is 25.3 Å². The number of methoxy groups -OCH3 is 2. The van der Waals surface area contributed by atoms with Gasteiger partial charge in [0.2, 0.25) is 0 Å². The molecular weight excluding hydrogens is 308 g/mol. The number of carbonyl (C=O) groups excluding carboxylic acids is 1. The lowest BCUT2D eigenvalue weighted by atomic mass is 10.1. The molecule has 1 unspecified atom stereocenters. The molecule has 0 saturated carbocycles. The highest BCUT2D eigenvalue weighted by Crippen LogP contribution is 2.26. The smallest absolute Gasteiger partial charge is 0.299 e. The van der Waals surface area contributed by atoms with Gasteiger partial charge in [-0.1, -0.05) is 6.92 Å².